The molecule has 1 unspecified atom stereocenters. The lowest BCUT2D eigenvalue weighted by molar-refractivity contribution is 0.610. The van der Waals surface area contributed by atoms with Crippen LogP contribution in [0.1, 0.15) is 38.9 Å². The van der Waals surface area contributed by atoms with E-state index in [0.29, 0.717) is 11.3 Å². The largest absolute Gasteiger partial charge is 0.370 e. The fraction of sp³-hybridized carbons (Fsp3) is 0.538. The number of nitrogens with one attached hydrogen (secondary N) is 1. The number of nitrogens with zero attached hydrogens (tertiary/aromatic N) is 2. The topological polar surface area (TPSA) is 37.8 Å². The summed E-state index contributed by atoms with van der Waals surface area (Å²) in [5.74, 6) is 2.55. The fourth-order valence-electron chi connectivity index (χ4n) is 2.24. The molecule has 0 aromatic carbocycles. The molecule has 3 rings (SSSR count). The van der Waals surface area contributed by atoms with E-state index in [9.17, 15) is 0 Å². The molecular weight excluding hydrogens is 230 g/mol. The Morgan fingerprint density at radius 3 is 2.88 bits per heavy atom. The smallest absolute Gasteiger partial charge is 0.138 e. The summed E-state index contributed by atoms with van der Waals surface area (Å²) in [5.41, 5.74) is 0.383. The molecule has 1 atom stereocenters. The molecule has 0 spiro atoms. The second kappa shape index (κ2) is 3.67. The molecule has 1 fully saturated rings. The Labute approximate surface area is 105 Å². The normalized spacial score (nSPS) is 21.7. The zero-order chi connectivity index (χ0) is 12.0. The molecule has 2 heterocycles. The number of hydrogen-bond acceptors (Lipinski definition) is 4. The summed E-state index contributed by atoms with van der Waals surface area (Å²) in [6.45, 7) is 7.57. The van der Waals surface area contributed by atoms with Crippen molar-refractivity contribution >= 4 is 27.4 Å². The highest BCUT2D eigenvalue weighted by molar-refractivity contribution is 7.16. The number of anilines is 1. The van der Waals surface area contributed by atoms with Gasteiger partial charge in [0.1, 0.15) is 16.5 Å². The Bertz CT molecular complexity index is 559. The van der Waals surface area contributed by atoms with Crippen LogP contribution in [0.3, 0.4) is 0 Å². The zero-order valence-corrected chi connectivity index (χ0v) is 11.3. The second-order valence-electron chi connectivity index (χ2n) is 5.35. The highest BCUT2D eigenvalue weighted by Crippen LogP contribution is 2.57. The van der Waals surface area contributed by atoms with Crippen molar-refractivity contribution in [2.24, 2.45) is 5.41 Å². The first-order valence-electron chi connectivity index (χ1n) is 6.11. The Hall–Kier alpha value is -1.16. The van der Waals surface area contributed by atoms with E-state index in [1.54, 1.807) is 11.3 Å². The molecule has 0 aliphatic heterocycles. The molecule has 1 aliphatic carbocycles. The number of hydrogen-bond donors (Lipinski definition) is 1. The van der Waals surface area contributed by atoms with Crippen molar-refractivity contribution in [1.29, 1.82) is 0 Å². The zero-order valence-electron chi connectivity index (χ0n) is 10.4. The monoisotopic (exact) mass is 247 g/mol. The Balaban J connectivity index is 2.08. The molecular formula is C13H17N3S. The number of rotatable bonds is 3. The minimum Gasteiger partial charge on any atom is -0.370 e. The van der Waals surface area contributed by atoms with Crippen LogP contribution in [0.4, 0.5) is 5.82 Å². The van der Waals surface area contributed by atoms with E-state index in [0.717, 1.165) is 28.4 Å². The highest BCUT2D eigenvalue weighted by atomic mass is 32.1. The van der Waals surface area contributed by atoms with Crippen LogP contribution in [0.5, 0.6) is 0 Å². The van der Waals surface area contributed by atoms with Crippen molar-refractivity contribution in [1.82, 2.24) is 9.97 Å². The molecule has 4 heteroatoms. The maximum Gasteiger partial charge on any atom is 0.138 e. The average molecular weight is 247 g/mol. The van der Waals surface area contributed by atoms with Crippen LogP contribution in [-0.2, 0) is 0 Å². The van der Waals surface area contributed by atoms with Crippen molar-refractivity contribution in [2.45, 2.75) is 33.1 Å². The van der Waals surface area contributed by atoms with Crippen LogP contribution < -0.4 is 5.32 Å². The lowest BCUT2D eigenvalue weighted by atomic mass is 10.1. The highest BCUT2D eigenvalue weighted by Gasteiger charge is 2.48. The van der Waals surface area contributed by atoms with Gasteiger partial charge in [-0.1, -0.05) is 13.8 Å². The van der Waals surface area contributed by atoms with Crippen LogP contribution in [0.15, 0.2) is 11.4 Å². The lowest BCUT2D eigenvalue weighted by Gasteiger charge is -2.07. The molecule has 0 amide bonds. The van der Waals surface area contributed by atoms with Crippen molar-refractivity contribution in [3.8, 4) is 0 Å². The molecule has 2 aromatic heterocycles. The third kappa shape index (κ3) is 1.80. The molecule has 3 nitrogen and oxygen atoms in total. The Morgan fingerprint density at radius 1 is 1.47 bits per heavy atom. The van der Waals surface area contributed by atoms with E-state index in [1.165, 1.54) is 6.42 Å². The minimum atomic E-state index is 0.383. The molecule has 2 aromatic rings. The van der Waals surface area contributed by atoms with Crippen molar-refractivity contribution in [2.75, 3.05) is 11.9 Å². The first-order chi connectivity index (χ1) is 8.12. The van der Waals surface area contributed by atoms with Gasteiger partial charge in [-0.05, 0) is 30.2 Å². The third-order valence-corrected chi connectivity index (χ3v) is 4.32. The summed E-state index contributed by atoms with van der Waals surface area (Å²) in [5, 5.41) is 6.58. The quantitative estimate of drug-likeness (QED) is 0.900. The molecule has 1 saturated carbocycles. The minimum absolute atomic E-state index is 0.383. The maximum absolute atomic E-state index is 4.70. The predicted molar refractivity (Wildman–Crippen MR) is 72.7 cm³/mol. The summed E-state index contributed by atoms with van der Waals surface area (Å²) in [4.78, 5) is 10.5. The van der Waals surface area contributed by atoms with Gasteiger partial charge in [0, 0.05) is 12.5 Å². The van der Waals surface area contributed by atoms with E-state index in [2.05, 4.69) is 37.5 Å². The van der Waals surface area contributed by atoms with E-state index in [-0.39, 0.29) is 0 Å². The summed E-state index contributed by atoms with van der Waals surface area (Å²) < 4.78 is 0. The van der Waals surface area contributed by atoms with Crippen LogP contribution in [0, 0.1) is 5.41 Å². The third-order valence-electron chi connectivity index (χ3n) is 3.51. The van der Waals surface area contributed by atoms with Crippen molar-refractivity contribution in [3.63, 3.8) is 0 Å². The van der Waals surface area contributed by atoms with Crippen LogP contribution >= 0.6 is 11.3 Å². The molecule has 90 valence electrons. The lowest BCUT2D eigenvalue weighted by Crippen LogP contribution is -2.04. The summed E-state index contributed by atoms with van der Waals surface area (Å²) in [7, 11) is 0. The van der Waals surface area contributed by atoms with Crippen LogP contribution in [-0.4, -0.2) is 16.5 Å². The second-order valence-corrected chi connectivity index (χ2v) is 6.24. The molecule has 1 aliphatic rings. The molecule has 1 N–H and O–H groups in total. The first kappa shape index (κ1) is 11.0. The van der Waals surface area contributed by atoms with Gasteiger partial charge in [0.15, 0.2) is 0 Å². The van der Waals surface area contributed by atoms with Gasteiger partial charge in [0.25, 0.3) is 0 Å². The van der Waals surface area contributed by atoms with Gasteiger partial charge in [0.2, 0.25) is 0 Å². The SMILES string of the molecule is CCNc1nc(C2CC2(C)C)nc2sccc12. The van der Waals surface area contributed by atoms with Gasteiger partial charge >= 0.3 is 0 Å². The van der Waals surface area contributed by atoms with Gasteiger partial charge in [-0.2, -0.15) is 0 Å². The Kier molecular flexibility index (Phi) is 2.36. The van der Waals surface area contributed by atoms with E-state index < -0.39 is 0 Å². The first-order valence-corrected chi connectivity index (χ1v) is 6.99. The fourth-order valence-corrected chi connectivity index (χ4v) is 3.01. The maximum atomic E-state index is 4.70. The molecule has 17 heavy (non-hydrogen) atoms. The van der Waals surface area contributed by atoms with Crippen LogP contribution in [0.25, 0.3) is 10.2 Å². The number of aromatic nitrogens is 2. The number of fused-ring (bicyclic) bond motifs is 1. The molecule has 0 saturated heterocycles. The standard InChI is InChI=1S/C13H17N3S/c1-4-14-10-8-5-6-17-12(8)16-11(15-10)9-7-13(9,2)3/h5-6,9H,4,7H2,1-3H3,(H,14,15,16). The van der Waals surface area contributed by atoms with Gasteiger partial charge in [-0.3, -0.25) is 0 Å². The van der Waals surface area contributed by atoms with Gasteiger partial charge in [-0.25, -0.2) is 9.97 Å². The van der Waals surface area contributed by atoms with Crippen LogP contribution in [0.2, 0.25) is 0 Å². The Morgan fingerprint density at radius 2 is 2.24 bits per heavy atom. The summed E-state index contributed by atoms with van der Waals surface area (Å²) in [6, 6.07) is 2.10. The number of thiophene rings is 1. The van der Waals surface area contributed by atoms with Crippen molar-refractivity contribution in [3.05, 3.63) is 17.3 Å². The van der Waals surface area contributed by atoms with E-state index in [1.807, 2.05) is 0 Å². The van der Waals surface area contributed by atoms with E-state index >= 15 is 0 Å². The van der Waals surface area contributed by atoms with Crippen molar-refractivity contribution < 1.29 is 0 Å². The predicted octanol–water partition coefficient (Wildman–Crippen LogP) is 3.64. The van der Waals surface area contributed by atoms with Gasteiger partial charge in [-0.15, -0.1) is 11.3 Å². The summed E-state index contributed by atoms with van der Waals surface area (Å²) in [6.07, 6.45) is 1.20. The van der Waals surface area contributed by atoms with E-state index in [4.69, 9.17) is 9.97 Å². The molecule has 0 radical (unpaired) electrons. The average Bonchev–Trinajstić information content (AvgIpc) is 2.74. The van der Waals surface area contributed by atoms with Gasteiger partial charge in [0.05, 0.1) is 5.39 Å². The molecule has 0 bridgehead atoms. The summed E-state index contributed by atoms with van der Waals surface area (Å²) >= 11 is 1.70. The van der Waals surface area contributed by atoms with Gasteiger partial charge < -0.3 is 5.32 Å².